The quantitative estimate of drug-likeness (QED) is 0.398. The second kappa shape index (κ2) is 9.84. The van der Waals surface area contributed by atoms with Crippen molar-refractivity contribution >= 4 is 23.5 Å². The first kappa shape index (κ1) is 25.1. The van der Waals surface area contributed by atoms with Crippen LogP contribution in [0.2, 0.25) is 0 Å². The highest BCUT2D eigenvalue weighted by Crippen LogP contribution is 2.46. The number of likely N-dealkylation sites (N-methyl/N-ethyl adjacent to an activating group) is 1. The van der Waals surface area contributed by atoms with Crippen molar-refractivity contribution < 1.29 is 24.3 Å². The summed E-state index contributed by atoms with van der Waals surface area (Å²) < 4.78 is 0. The Labute approximate surface area is 227 Å². The number of carbonyl (C=O) groups is 3. The molecule has 200 valence electrons. The van der Waals surface area contributed by atoms with Gasteiger partial charge in [-0.1, -0.05) is 65.8 Å². The van der Waals surface area contributed by atoms with E-state index in [-0.39, 0.29) is 18.2 Å². The van der Waals surface area contributed by atoms with Crippen molar-refractivity contribution in [2.75, 3.05) is 13.6 Å². The molecule has 4 aliphatic rings. The van der Waals surface area contributed by atoms with Crippen LogP contribution < -0.4 is 5.32 Å². The monoisotopic (exact) mass is 525 g/mol. The van der Waals surface area contributed by atoms with Gasteiger partial charge in [-0.15, -0.1) is 0 Å². The molecule has 0 aromatic heterocycles. The van der Waals surface area contributed by atoms with Gasteiger partial charge in [-0.05, 0) is 42.9 Å². The lowest BCUT2D eigenvalue weighted by molar-refractivity contribution is -0.144. The highest BCUT2D eigenvalue weighted by molar-refractivity contribution is 6.24. The van der Waals surface area contributed by atoms with Crippen molar-refractivity contribution in [3.63, 3.8) is 0 Å². The molecule has 2 aromatic carbocycles. The SMILES string of the molecule is CN1CCCC/C=C\[C@H]2C[C@@]2(C(=O)O)NC(=O)[C@@H]2C[C@@H](ON=C3c4ccccc4-c4ccccc43)C=C2C1=O. The number of amides is 2. The fourth-order valence-corrected chi connectivity index (χ4v) is 5.96. The Morgan fingerprint density at radius 1 is 1.05 bits per heavy atom. The molecule has 0 unspecified atom stereocenters. The maximum Gasteiger partial charge on any atom is 0.330 e. The van der Waals surface area contributed by atoms with E-state index >= 15 is 0 Å². The van der Waals surface area contributed by atoms with Gasteiger partial charge < -0.3 is 20.2 Å². The number of carbonyl (C=O) groups excluding carboxylic acids is 2. The largest absolute Gasteiger partial charge is 0.479 e. The molecule has 0 bridgehead atoms. The molecule has 4 atom stereocenters. The van der Waals surface area contributed by atoms with Gasteiger partial charge in [0.2, 0.25) is 11.8 Å². The van der Waals surface area contributed by atoms with Gasteiger partial charge in [0.15, 0.2) is 0 Å². The normalized spacial score (nSPS) is 28.6. The third kappa shape index (κ3) is 4.43. The number of fused-ring (bicyclic) bond motifs is 5. The number of benzene rings is 2. The summed E-state index contributed by atoms with van der Waals surface area (Å²) in [6.07, 6.45) is 8.03. The smallest absolute Gasteiger partial charge is 0.330 e. The Kier molecular flexibility index (Phi) is 6.33. The minimum atomic E-state index is -1.33. The van der Waals surface area contributed by atoms with Crippen LogP contribution in [0.25, 0.3) is 11.1 Å². The highest BCUT2D eigenvalue weighted by atomic mass is 16.6. The molecule has 8 nitrogen and oxygen atoms in total. The van der Waals surface area contributed by atoms with E-state index in [9.17, 15) is 19.5 Å². The molecule has 3 aliphatic carbocycles. The summed E-state index contributed by atoms with van der Waals surface area (Å²) in [6, 6.07) is 16.0. The summed E-state index contributed by atoms with van der Waals surface area (Å²) in [4.78, 5) is 46.7. The molecule has 0 saturated heterocycles. The van der Waals surface area contributed by atoms with Crippen molar-refractivity contribution in [3.05, 3.63) is 83.5 Å². The summed E-state index contributed by atoms with van der Waals surface area (Å²) in [5.74, 6) is -2.83. The highest BCUT2D eigenvalue weighted by Gasteiger charge is 2.61. The van der Waals surface area contributed by atoms with Gasteiger partial charge in [0, 0.05) is 42.6 Å². The Bertz CT molecular complexity index is 1400. The Morgan fingerprint density at radius 3 is 2.38 bits per heavy atom. The molecule has 2 amide bonds. The van der Waals surface area contributed by atoms with Crippen molar-refractivity contribution in [2.45, 2.75) is 43.7 Å². The summed E-state index contributed by atoms with van der Waals surface area (Å²) >= 11 is 0. The standard InChI is InChI=1S/C31H31N3O5/c1-34-15-9-3-2-4-10-19-18-31(19,30(37)38)32-28(35)25-16-20(17-26(25)29(34)36)39-33-27-23-13-7-5-11-21(23)22-12-6-8-14-24(22)27/h4-8,10-14,17,19-20,25H,2-3,9,15-16,18H2,1H3,(H,32,35)(H,37,38)/b10-4-/t19-,20+,25+,31+/m0/s1. The van der Waals surface area contributed by atoms with Crippen molar-refractivity contribution in [1.29, 1.82) is 0 Å². The van der Waals surface area contributed by atoms with Gasteiger partial charge in [0.25, 0.3) is 0 Å². The Morgan fingerprint density at radius 2 is 1.72 bits per heavy atom. The van der Waals surface area contributed by atoms with E-state index < -0.39 is 29.4 Å². The lowest BCUT2D eigenvalue weighted by Crippen LogP contribution is -2.48. The van der Waals surface area contributed by atoms with Crippen molar-refractivity contribution in [2.24, 2.45) is 17.0 Å². The number of aliphatic carboxylic acids is 1. The topological polar surface area (TPSA) is 108 Å². The number of oxime groups is 1. The van der Waals surface area contributed by atoms with Crippen molar-refractivity contribution in [3.8, 4) is 11.1 Å². The van der Waals surface area contributed by atoms with Gasteiger partial charge in [-0.25, -0.2) is 4.79 Å². The van der Waals surface area contributed by atoms with Gasteiger partial charge in [0.05, 0.1) is 5.92 Å². The van der Waals surface area contributed by atoms with E-state index in [1.165, 1.54) is 0 Å². The van der Waals surface area contributed by atoms with Crippen LogP contribution in [0.5, 0.6) is 0 Å². The first-order valence-electron chi connectivity index (χ1n) is 13.5. The minimum Gasteiger partial charge on any atom is -0.479 e. The molecule has 0 spiro atoms. The molecule has 6 rings (SSSR count). The van der Waals surface area contributed by atoms with E-state index in [4.69, 9.17) is 4.84 Å². The molecule has 2 N–H and O–H groups in total. The van der Waals surface area contributed by atoms with Crippen LogP contribution in [0, 0.1) is 11.8 Å². The fourth-order valence-electron chi connectivity index (χ4n) is 5.96. The number of rotatable bonds is 3. The molecule has 2 aromatic rings. The summed E-state index contributed by atoms with van der Waals surface area (Å²) in [5, 5.41) is 17.2. The number of nitrogens with zero attached hydrogens (tertiary/aromatic N) is 2. The zero-order valence-electron chi connectivity index (χ0n) is 21.8. The first-order valence-corrected chi connectivity index (χ1v) is 13.5. The Hall–Kier alpha value is -4.20. The number of carboxylic acid groups (broad SMARTS) is 1. The van der Waals surface area contributed by atoms with Gasteiger partial charge in [0.1, 0.15) is 17.4 Å². The third-order valence-electron chi connectivity index (χ3n) is 8.28. The van der Waals surface area contributed by atoms with Gasteiger partial charge >= 0.3 is 5.97 Å². The summed E-state index contributed by atoms with van der Waals surface area (Å²) in [5.41, 5.74) is 3.81. The zero-order valence-corrected chi connectivity index (χ0v) is 21.8. The zero-order chi connectivity index (χ0) is 27.1. The van der Waals surface area contributed by atoms with E-state index in [2.05, 4.69) is 22.6 Å². The summed E-state index contributed by atoms with van der Waals surface area (Å²) in [7, 11) is 1.73. The number of allylic oxidation sites excluding steroid dienone is 1. The van der Waals surface area contributed by atoms with Gasteiger partial charge in [-0.3, -0.25) is 9.59 Å². The molecule has 1 saturated carbocycles. The maximum atomic E-state index is 13.5. The predicted octanol–water partition coefficient (Wildman–Crippen LogP) is 3.91. The van der Waals surface area contributed by atoms with Crippen LogP contribution >= 0.6 is 0 Å². The molecule has 0 radical (unpaired) electrons. The van der Waals surface area contributed by atoms with E-state index in [0.29, 0.717) is 24.3 Å². The molecule has 1 aliphatic heterocycles. The molecule has 39 heavy (non-hydrogen) atoms. The van der Waals surface area contributed by atoms with Gasteiger partial charge in [-0.2, -0.15) is 0 Å². The van der Waals surface area contributed by atoms with E-state index in [1.54, 1.807) is 18.0 Å². The lowest BCUT2D eigenvalue weighted by atomic mass is 9.97. The molecule has 1 heterocycles. The number of hydrogen-bond donors (Lipinski definition) is 2. The van der Waals surface area contributed by atoms with Crippen LogP contribution in [-0.2, 0) is 19.2 Å². The average Bonchev–Trinajstić information content (AvgIpc) is 3.32. The second-order valence-electron chi connectivity index (χ2n) is 10.8. The van der Waals surface area contributed by atoms with Crippen LogP contribution in [0.1, 0.15) is 43.2 Å². The minimum absolute atomic E-state index is 0.205. The molecular weight excluding hydrogens is 494 g/mol. The molecule has 1 fully saturated rings. The van der Waals surface area contributed by atoms with E-state index in [1.807, 2.05) is 48.6 Å². The van der Waals surface area contributed by atoms with Crippen LogP contribution in [0.4, 0.5) is 0 Å². The predicted molar refractivity (Wildman–Crippen MR) is 146 cm³/mol. The number of nitrogens with one attached hydrogen (secondary N) is 1. The number of hydrogen-bond acceptors (Lipinski definition) is 5. The first-order chi connectivity index (χ1) is 18.9. The van der Waals surface area contributed by atoms with Crippen LogP contribution in [0.3, 0.4) is 0 Å². The summed E-state index contributed by atoms with van der Waals surface area (Å²) in [6.45, 7) is 0.572. The second-order valence-corrected chi connectivity index (χ2v) is 10.8. The molecular formula is C31H31N3O5. The third-order valence-corrected chi connectivity index (χ3v) is 8.28. The fraction of sp³-hybridized carbons (Fsp3) is 0.355. The van der Waals surface area contributed by atoms with Crippen LogP contribution in [-0.4, -0.2) is 58.7 Å². The van der Waals surface area contributed by atoms with E-state index in [0.717, 1.165) is 41.5 Å². The maximum absolute atomic E-state index is 13.5. The average molecular weight is 526 g/mol. The number of carboxylic acids is 1. The van der Waals surface area contributed by atoms with Crippen LogP contribution in [0.15, 0.2) is 77.5 Å². The Balaban J connectivity index is 1.29. The van der Waals surface area contributed by atoms with Crippen molar-refractivity contribution in [1.82, 2.24) is 10.2 Å². The lowest BCUT2D eigenvalue weighted by Gasteiger charge is -2.23. The molecule has 8 heteroatoms.